The molecule has 0 aliphatic rings. The van der Waals surface area contributed by atoms with E-state index in [1.165, 1.54) is 0 Å². The van der Waals surface area contributed by atoms with Crippen molar-refractivity contribution in [1.82, 2.24) is 9.55 Å². The largest absolute Gasteiger partial charge is 0.386 e. The lowest BCUT2D eigenvalue weighted by molar-refractivity contribution is 0.891. The first-order chi connectivity index (χ1) is 8.74. The van der Waals surface area contributed by atoms with Crippen LogP contribution in [-0.4, -0.2) is 21.3 Å². The van der Waals surface area contributed by atoms with Gasteiger partial charge in [-0.05, 0) is 24.3 Å². The number of nitrogens with zero attached hydrogens (tertiary/aromatic N) is 3. The van der Waals surface area contributed by atoms with Crippen molar-refractivity contribution in [2.45, 2.75) is 13.3 Å². The van der Waals surface area contributed by atoms with Crippen molar-refractivity contribution in [2.75, 3.05) is 5.88 Å². The van der Waals surface area contributed by atoms with Crippen LogP contribution in [0.3, 0.4) is 0 Å². The molecule has 1 aromatic heterocycles. The molecule has 4 nitrogen and oxygen atoms in total. The summed E-state index contributed by atoms with van der Waals surface area (Å²) in [5, 5.41) is 0. The van der Waals surface area contributed by atoms with E-state index in [4.69, 9.17) is 17.3 Å². The van der Waals surface area contributed by atoms with Crippen LogP contribution in [0.5, 0.6) is 0 Å². The molecule has 2 aromatic rings. The molecule has 0 aliphatic heterocycles. The molecule has 0 fully saturated rings. The number of hydrogen-bond acceptors (Lipinski definition) is 2. The topological polar surface area (TPSA) is 56.2 Å². The van der Waals surface area contributed by atoms with Crippen molar-refractivity contribution in [3.63, 3.8) is 0 Å². The van der Waals surface area contributed by atoms with E-state index in [0.717, 1.165) is 23.6 Å². The zero-order chi connectivity index (χ0) is 13.0. The third-order valence-electron chi connectivity index (χ3n) is 2.57. The number of aliphatic imine (C=N–C) groups is 1. The predicted octanol–water partition coefficient (Wildman–Crippen LogP) is 2.66. The van der Waals surface area contributed by atoms with E-state index in [9.17, 15) is 0 Å². The van der Waals surface area contributed by atoms with Gasteiger partial charge in [-0.2, -0.15) is 0 Å². The second-order valence-electron chi connectivity index (χ2n) is 3.82. The summed E-state index contributed by atoms with van der Waals surface area (Å²) in [6.07, 6.45) is 4.65. The molecule has 0 atom stereocenters. The van der Waals surface area contributed by atoms with Crippen LogP contribution in [-0.2, 0) is 6.42 Å². The Morgan fingerprint density at radius 2 is 2.11 bits per heavy atom. The van der Waals surface area contributed by atoms with Crippen LogP contribution in [0.1, 0.15) is 12.7 Å². The molecule has 0 aliphatic carbocycles. The van der Waals surface area contributed by atoms with E-state index in [2.05, 4.69) is 21.5 Å². The lowest BCUT2D eigenvalue weighted by Crippen LogP contribution is -2.12. The van der Waals surface area contributed by atoms with Crippen molar-refractivity contribution in [3.8, 4) is 5.69 Å². The monoisotopic (exact) mass is 262 g/mol. The molecule has 94 valence electrons. The summed E-state index contributed by atoms with van der Waals surface area (Å²) in [7, 11) is 0. The average Bonchev–Trinajstić information content (AvgIpc) is 2.87. The van der Waals surface area contributed by atoms with Crippen molar-refractivity contribution >= 4 is 23.1 Å². The molecule has 0 spiro atoms. The van der Waals surface area contributed by atoms with Crippen LogP contribution >= 0.6 is 11.6 Å². The van der Waals surface area contributed by atoms with E-state index >= 15 is 0 Å². The molecule has 5 heteroatoms. The highest BCUT2D eigenvalue weighted by Gasteiger charge is 2.02. The number of nitrogens with two attached hydrogens (primary N) is 1. The second-order valence-corrected chi connectivity index (χ2v) is 4.09. The van der Waals surface area contributed by atoms with Gasteiger partial charge in [-0.25, -0.2) is 9.98 Å². The number of aromatic nitrogens is 2. The van der Waals surface area contributed by atoms with E-state index < -0.39 is 0 Å². The first-order valence-electron chi connectivity index (χ1n) is 5.76. The van der Waals surface area contributed by atoms with Crippen molar-refractivity contribution in [2.24, 2.45) is 10.7 Å². The van der Waals surface area contributed by atoms with Gasteiger partial charge in [0.15, 0.2) is 0 Å². The Bertz CT molecular complexity index is 542. The van der Waals surface area contributed by atoms with Gasteiger partial charge in [0, 0.05) is 24.5 Å². The number of rotatable bonds is 4. The third kappa shape index (κ3) is 2.71. The van der Waals surface area contributed by atoms with Gasteiger partial charge in [-0.3, -0.25) is 0 Å². The van der Waals surface area contributed by atoms with E-state index in [1.54, 1.807) is 6.20 Å². The lowest BCUT2D eigenvalue weighted by Gasteiger charge is -2.06. The van der Waals surface area contributed by atoms with Crippen LogP contribution in [0.25, 0.3) is 5.69 Å². The Morgan fingerprint density at radius 1 is 1.39 bits per heavy atom. The molecule has 18 heavy (non-hydrogen) atoms. The highest BCUT2D eigenvalue weighted by Crippen LogP contribution is 2.17. The number of aryl methyl sites for hydroxylation is 1. The minimum atomic E-state index is 0.239. The first-order valence-corrected chi connectivity index (χ1v) is 6.29. The molecular formula is C13H15ClN4. The van der Waals surface area contributed by atoms with Crippen LogP contribution in [0.4, 0.5) is 5.69 Å². The Balaban J connectivity index is 2.28. The summed E-state index contributed by atoms with van der Waals surface area (Å²) in [5.74, 6) is 1.69. The average molecular weight is 263 g/mol. The molecule has 0 amide bonds. The highest BCUT2D eigenvalue weighted by atomic mass is 35.5. The number of hydrogen-bond donors (Lipinski definition) is 1. The molecule has 2 rings (SSSR count). The van der Waals surface area contributed by atoms with Gasteiger partial charge in [-0.1, -0.05) is 6.92 Å². The van der Waals surface area contributed by atoms with E-state index in [0.29, 0.717) is 5.84 Å². The molecule has 0 radical (unpaired) electrons. The molecule has 0 saturated heterocycles. The Kier molecular flexibility index (Phi) is 3.99. The fourth-order valence-electron chi connectivity index (χ4n) is 1.71. The SMILES string of the molecule is CCc1nccn1-c1ccc(N=C(N)CCl)cc1. The van der Waals surface area contributed by atoms with Gasteiger partial charge in [0.05, 0.1) is 11.6 Å². The molecule has 1 aromatic carbocycles. The fraction of sp³-hybridized carbons (Fsp3) is 0.231. The van der Waals surface area contributed by atoms with Gasteiger partial charge in [0.25, 0.3) is 0 Å². The third-order valence-corrected chi connectivity index (χ3v) is 2.84. The maximum atomic E-state index is 5.59. The van der Waals surface area contributed by atoms with Gasteiger partial charge in [-0.15, -0.1) is 11.6 Å². The minimum absolute atomic E-state index is 0.239. The Morgan fingerprint density at radius 3 is 2.72 bits per heavy atom. The van der Waals surface area contributed by atoms with Crippen LogP contribution in [0, 0.1) is 0 Å². The number of benzene rings is 1. The summed E-state index contributed by atoms with van der Waals surface area (Å²) in [4.78, 5) is 8.47. The van der Waals surface area contributed by atoms with Crippen LogP contribution < -0.4 is 5.73 Å². The maximum Gasteiger partial charge on any atom is 0.115 e. The highest BCUT2D eigenvalue weighted by molar-refractivity contribution is 6.28. The number of halogens is 1. The molecule has 0 saturated carbocycles. The zero-order valence-electron chi connectivity index (χ0n) is 10.2. The molecule has 0 bridgehead atoms. The smallest absolute Gasteiger partial charge is 0.115 e. The zero-order valence-corrected chi connectivity index (χ0v) is 10.9. The minimum Gasteiger partial charge on any atom is -0.386 e. The second kappa shape index (κ2) is 5.69. The number of alkyl halides is 1. The molecular weight excluding hydrogens is 248 g/mol. The summed E-state index contributed by atoms with van der Waals surface area (Å²) in [5.41, 5.74) is 7.45. The molecule has 2 N–H and O–H groups in total. The number of imidazole rings is 1. The lowest BCUT2D eigenvalue weighted by atomic mass is 10.2. The quantitative estimate of drug-likeness (QED) is 0.523. The molecule has 1 heterocycles. The Labute approximate surface area is 111 Å². The van der Waals surface area contributed by atoms with Crippen molar-refractivity contribution in [3.05, 3.63) is 42.5 Å². The Hall–Kier alpha value is -1.81. The summed E-state index contributed by atoms with van der Waals surface area (Å²) < 4.78 is 2.05. The van der Waals surface area contributed by atoms with E-state index in [1.807, 2.05) is 30.5 Å². The van der Waals surface area contributed by atoms with Crippen molar-refractivity contribution in [1.29, 1.82) is 0 Å². The van der Waals surface area contributed by atoms with E-state index in [-0.39, 0.29) is 5.88 Å². The van der Waals surface area contributed by atoms with Crippen LogP contribution in [0.2, 0.25) is 0 Å². The van der Waals surface area contributed by atoms with Crippen LogP contribution in [0.15, 0.2) is 41.7 Å². The summed E-state index contributed by atoms with van der Waals surface area (Å²) in [6, 6.07) is 7.80. The normalized spacial score (nSPS) is 11.8. The summed E-state index contributed by atoms with van der Waals surface area (Å²) in [6.45, 7) is 2.08. The van der Waals surface area contributed by atoms with Gasteiger partial charge in [0.2, 0.25) is 0 Å². The van der Waals surface area contributed by atoms with Crippen molar-refractivity contribution < 1.29 is 0 Å². The first kappa shape index (κ1) is 12.6. The standard InChI is InChI=1S/C13H15ClN4/c1-2-13-16-7-8-18(13)11-5-3-10(4-6-11)17-12(15)9-14/h3-8H,2,9H2,1H3,(H2,15,17). The fourth-order valence-corrected chi connectivity index (χ4v) is 1.77. The summed E-state index contributed by atoms with van der Waals surface area (Å²) >= 11 is 5.59. The van der Waals surface area contributed by atoms with Gasteiger partial charge in [0.1, 0.15) is 11.7 Å². The molecule has 0 unspecified atom stereocenters. The van der Waals surface area contributed by atoms with Gasteiger partial charge >= 0.3 is 0 Å². The predicted molar refractivity (Wildman–Crippen MR) is 74.9 cm³/mol. The number of amidine groups is 1. The maximum absolute atomic E-state index is 5.59. The van der Waals surface area contributed by atoms with Gasteiger partial charge < -0.3 is 10.3 Å².